The number of nitrogens with two attached hydrogens (primary N) is 1. The van der Waals surface area contributed by atoms with E-state index in [1.165, 1.54) is 12.1 Å². The minimum Gasteiger partial charge on any atom is -0.366 e. The number of hydrogen-bond donors (Lipinski definition) is 2. The van der Waals surface area contributed by atoms with Gasteiger partial charge in [-0.15, -0.1) is 0 Å². The average molecular weight is 307 g/mol. The Morgan fingerprint density at radius 3 is 3.09 bits per heavy atom. The third-order valence-corrected chi connectivity index (χ3v) is 5.30. The van der Waals surface area contributed by atoms with Crippen LogP contribution in [0.15, 0.2) is 30.5 Å². The van der Waals surface area contributed by atoms with E-state index in [9.17, 15) is 0 Å². The van der Waals surface area contributed by atoms with E-state index in [1.807, 2.05) is 12.3 Å². The van der Waals surface area contributed by atoms with Gasteiger partial charge in [-0.2, -0.15) is 0 Å². The Labute approximate surface area is 135 Å². The van der Waals surface area contributed by atoms with Crippen molar-refractivity contribution in [2.24, 2.45) is 11.7 Å². The van der Waals surface area contributed by atoms with Crippen LogP contribution in [0.5, 0.6) is 0 Å². The lowest BCUT2D eigenvalue weighted by atomic mass is 10.1. The smallest absolute Gasteiger partial charge is 0.150 e. The molecule has 5 rings (SSSR count). The first-order valence-corrected chi connectivity index (χ1v) is 8.50. The molecule has 2 bridgehead atoms. The number of rotatable bonds is 3. The van der Waals surface area contributed by atoms with Crippen molar-refractivity contribution in [3.63, 3.8) is 0 Å². The minimum atomic E-state index is 0.371. The van der Waals surface area contributed by atoms with E-state index in [0.717, 1.165) is 48.7 Å². The lowest BCUT2D eigenvalue weighted by Gasteiger charge is -2.28. The third-order valence-electron chi connectivity index (χ3n) is 5.30. The van der Waals surface area contributed by atoms with Crippen LogP contribution in [0.2, 0.25) is 0 Å². The van der Waals surface area contributed by atoms with Gasteiger partial charge in [0, 0.05) is 42.6 Å². The molecule has 118 valence electrons. The molecule has 0 amide bonds. The monoisotopic (exact) mass is 307 g/mol. The fraction of sp³-hybridized carbons (Fsp3) is 0.444. The van der Waals surface area contributed by atoms with E-state index in [-0.39, 0.29) is 0 Å². The molecule has 1 saturated carbocycles. The van der Waals surface area contributed by atoms with Crippen molar-refractivity contribution in [3.8, 4) is 11.3 Å². The molecule has 2 aliphatic heterocycles. The van der Waals surface area contributed by atoms with Crippen molar-refractivity contribution < 1.29 is 0 Å². The van der Waals surface area contributed by atoms with Gasteiger partial charge >= 0.3 is 0 Å². The molecule has 5 nitrogen and oxygen atoms in total. The Kier molecular flexibility index (Phi) is 2.85. The van der Waals surface area contributed by atoms with E-state index < -0.39 is 0 Å². The Morgan fingerprint density at radius 1 is 1.30 bits per heavy atom. The van der Waals surface area contributed by atoms with Crippen LogP contribution in [0.25, 0.3) is 11.3 Å². The maximum Gasteiger partial charge on any atom is 0.150 e. The van der Waals surface area contributed by atoms with Crippen molar-refractivity contribution in [3.05, 3.63) is 36.2 Å². The molecule has 3 N–H and O–H groups in total. The van der Waals surface area contributed by atoms with E-state index in [4.69, 9.17) is 10.7 Å². The van der Waals surface area contributed by atoms with Gasteiger partial charge in [-0.05, 0) is 49.4 Å². The summed E-state index contributed by atoms with van der Waals surface area (Å²) in [6.45, 7) is 2.24. The highest BCUT2D eigenvalue weighted by Gasteiger charge is 2.33. The van der Waals surface area contributed by atoms with E-state index in [0.29, 0.717) is 18.0 Å². The van der Waals surface area contributed by atoms with Crippen LogP contribution in [-0.2, 0) is 6.42 Å². The van der Waals surface area contributed by atoms with Gasteiger partial charge in [0.05, 0.1) is 11.4 Å². The van der Waals surface area contributed by atoms with Crippen LogP contribution in [0.3, 0.4) is 0 Å². The Balaban J connectivity index is 1.45. The summed E-state index contributed by atoms with van der Waals surface area (Å²) in [6.07, 6.45) is 5.20. The summed E-state index contributed by atoms with van der Waals surface area (Å²) >= 11 is 0. The van der Waals surface area contributed by atoms with Crippen LogP contribution in [-0.4, -0.2) is 35.1 Å². The molecule has 3 atom stereocenters. The zero-order valence-corrected chi connectivity index (χ0v) is 13.1. The summed E-state index contributed by atoms with van der Waals surface area (Å²) in [4.78, 5) is 11.8. The molecule has 0 spiro atoms. The molecular formula is C18H21N5. The predicted molar refractivity (Wildman–Crippen MR) is 91.5 cm³/mol. The molecule has 0 radical (unpaired) electrons. The maximum atomic E-state index is 5.92. The Morgan fingerprint density at radius 2 is 2.22 bits per heavy atom. The lowest BCUT2D eigenvalue weighted by Crippen LogP contribution is -2.32. The first kappa shape index (κ1) is 13.3. The van der Waals surface area contributed by atoms with Crippen molar-refractivity contribution >= 4 is 11.5 Å². The van der Waals surface area contributed by atoms with E-state index in [2.05, 4.69) is 33.4 Å². The topological polar surface area (TPSA) is 67.1 Å². The largest absolute Gasteiger partial charge is 0.366 e. The Hall–Kier alpha value is -2.14. The second-order valence-electron chi connectivity index (χ2n) is 7.04. The summed E-state index contributed by atoms with van der Waals surface area (Å²) in [5, 5.41) is 3.58. The fourth-order valence-corrected chi connectivity index (χ4v) is 3.79. The predicted octanol–water partition coefficient (Wildman–Crippen LogP) is 2.04. The zero-order chi connectivity index (χ0) is 15.4. The molecule has 2 fully saturated rings. The summed E-state index contributed by atoms with van der Waals surface area (Å²) in [5.74, 6) is 1.64. The molecule has 5 heteroatoms. The van der Waals surface area contributed by atoms with Gasteiger partial charge in [0.25, 0.3) is 0 Å². The van der Waals surface area contributed by atoms with Crippen molar-refractivity contribution in [2.75, 3.05) is 23.3 Å². The first-order chi connectivity index (χ1) is 11.3. The van der Waals surface area contributed by atoms with Gasteiger partial charge in [-0.25, -0.2) is 4.98 Å². The zero-order valence-electron chi connectivity index (χ0n) is 13.1. The standard InChI is InChI=1S/C18H21N5/c19-15-9-12(15)8-14-7-11(3-5-20-14)16-1-2-17-18(22-16)21-13-4-6-23(17)10-13/h1-3,5,7,12-13,15H,4,6,8-10,19H2,(H,21,22)/t12?,13-,15?/m0/s1. The minimum absolute atomic E-state index is 0.371. The van der Waals surface area contributed by atoms with Gasteiger partial charge < -0.3 is 16.0 Å². The van der Waals surface area contributed by atoms with Gasteiger partial charge in [-0.3, -0.25) is 4.98 Å². The van der Waals surface area contributed by atoms with Gasteiger partial charge in [0.1, 0.15) is 0 Å². The van der Waals surface area contributed by atoms with Crippen LogP contribution in [0.1, 0.15) is 18.5 Å². The van der Waals surface area contributed by atoms with Gasteiger partial charge in [0.15, 0.2) is 5.82 Å². The first-order valence-electron chi connectivity index (χ1n) is 8.50. The fourth-order valence-electron chi connectivity index (χ4n) is 3.79. The van der Waals surface area contributed by atoms with E-state index >= 15 is 0 Å². The molecular weight excluding hydrogens is 286 g/mol. The number of anilines is 2. The van der Waals surface area contributed by atoms with Crippen LogP contribution < -0.4 is 16.0 Å². The highest BCUT2D eigenvalue weighted by atomic mass is 15.3. The van der Waals surface area contributed by atoms with Crippen LogP contribution in [0, 0.1) is 5.92 Å². The molecule has 4 heterocycles. The van der Waals surface area contributed by atoms with Gasteiger partial charge in [0.2, 0.25) is 0 Å². The summed E-state index contributed by atoms with van der Waals surface area (Å²) in [5.41, 5.74) is 10.4. The number of nitrogens with one attached hydrogen (secondary N) is 1. The Bertz CT molecular complexity index is 759. The molecule has 3 aliphatic rings. The number of pyridine rings is 2. The van der Waals surface area contributed by atoms with Crippen molar-refractivity contribution in [1.29, 1.82) is 0 Å². The van der Waals surface area contributed by atoms with Crippen molar-refractivity contribution in [2.45, 2.75) is 31.3 Å². The SMILES string of the molecule is NC1CC1Cc1cc(-c2ccc3c(n2)N[C@H]2CCN3C2)ccn1. The van der Waals surface area contributed by atoms with Crippen LogP contribution in [0.4, 0.5) is 11.5 Å². The lowest BCUT2D eigenvalue weighted by molar-refractivity contribution is 0.765. The summed E-state index contributed by atoms with van der Waals surface area (Å²) in [7, 11) is 0. The quantitative estimate of drug-likeness (QED) is 0.908. The molecule has 0 aromatic carbocycles. The third kappa shape index (κ3) is 2.36. The molecule has 2 unspecified atom stereocenters. The highest BCUT2D eigenvalue weighted by Crippen LogP contribution is 2.36. The molecule has 23 heavy (non-hydrogen) atoms. The number of fused-ring (bicyclic) bond motifs is 4. The average Bonchev–Trinajstić information content (AvgIpc) is 3.12. The highest BCUT2D eigenvalue weighted by molar-refractivity contribution is 5.74. The number of aromatic nitrogens is 2. The van der Waals surface area contributed by atoms with Crippen LogP contribution >= 0.6 is 0 Å². The second kappa shape index (κ2) is 4.93. The normalized spacial score (nSPS) is 27.5. The van der Waals surface area contributed by atoms with Gasteiger partial charge in [-0.1, -0.05) is 0 Å². The molecule has 2 aromatic heterocycles. The number of hydrogen-bond acceptors (Lipinski definition) is 5. The second-order valence-corrected chi connectivity index (χ2v) is 7.04. The molecule has 1 saturated heterocycles. The molecule has 2 aromatic rings. The van der Waals surface area contributed by atoms with E-state index in [1.54, 1.807) is 0 Å². The maximum absolute atomic E-state index is 5.92. The number of nitrogens with zero attached hydrogens (tertiary/aromatic N) is 3. The summed E-state index contributed by atoms with van der Waals surface area (Å²) in [6, 6.07) is 9.45. The summed E-state index contributed by atoms with van der Waals surface area (Å²) < 4.78 is 0. The molecule has 1 aliphatic carbocycles. The van der Waals surface area contributed by atoms with Crippen molar-refractivity contribution in [1.82, 2.24) is 9.97 Å².